The molecule has 5 aromatic carbocycles. The molecule has 0 radical (unpaired) electrons. The van der Waals surface area contributed by atoms with Crippen molar-refractivity contribution in [3.63, 3.8) is 0 Å². The van der Waals surface area contributed by atoms with Crippen LogP contribution in [0, 0.1) is 0 Å². The summed E-state index contributed by atoms with van der Waals surface area (Å²) in [5.74, 6) is 1.21. The number of unbranched alkanes of at least 4 members (excludes halogenated alkanes) is 2. The largest absolute Gasteiger partial charge is 0.491 e. The fourth-order valence-corrected chi connectivity index (χ4v) is 5.76. The molecule has 0 N–H and O–H groups in total. The lowest BCUT2D eigenvalue weighted by atomic mass is 10.2. The number of para-hydroxylation sites is 1. The quantitative estimate of drug-likeness (QED) is 0.0233. The molecule has 0 saturated heterocycles. The van der Waals surface area contributed by atoms with E-state index in [1.165, 1.54) is 0 Å². The van der Waals surface area contributed by atoms with Gasteiger partial charge in [0, 0.05) is 32.5 Å². The summed E-state index contributed by atoms with van der Waals surface area (Å²) in [6, 6.07) is 44.3. The Balaban J connectivity index is 0.854. The van der Waals surface area contributed by atoms with E-state index in [4.69, 9.17) is 47.4 Å². The predicted molar refractivity (Wildman–Crippen MR) is 234 cm³/mol. The number of benzene rings is 5. The molecule has 0 spiro atoms. The van der Waals surface area contributed by atoms with Crippen molar-refractivity contribution in [3.8, 4) is 17.2 Å². The van der Waals surface area contributed by atoms with E-state index in [-0.39, 0.29) is 19.8 Å². The van der Waals surface area contributed by atoms with Crippen molar-refractivity contribution in [3.05, 3.63) is 162 Å². The fourth-order valence-electron chi connectivity index (χ4n) is 5.76. The van der Waals surface area contributed by atoms with E-state index in [1.807, 2.05) is 97.1 Å². The van der Waals surface area contributed by atoms with Crippen LogP contribution in [0.3, 0.4) is 0 Å². The minimum atomic E-state index is -0.837. The molecule has 0 aliphatic rings. The molecular weight excluding hydrogens is 793 g/mol. The first kappa shape index (κ1) is 47.3. The van der Waals surface area contributed by atoms with Gasteiger partial charge in [0.25, 0.3) is 0 Å². The Hall–Kier alpha value is -5.76. The van der Waals surface area contributed by atoms with Crippen molar-refractivity contribution in [1.29, 1.82) is 0 Å². The van der Waals surface area contributed by atoms with E-state index in [9.17, 15) is 9.59 Å². The highest BCUT2D eigenvalue weighted by Crippen LogP contribution is 2.19. The van der Waals surface area contributed by atoms with Gasteiger partial charge in [-0.1, -0.05) is 91.0 Å². The lowest BCUT2D eigenvalue weighted by Gasteiger charge is -2.19. The average Bonchev–Trinajstić information content (AvgIpc) is 3.32. The highest BCUT2D eigenvalue weighted by atomic mass is 16.7. The van der Waals surface area contributed by atoms with E-state index in [1.54, 1.807) is 48.5 Å². The topological polar surface area (TPSA) is 126 Å². The maximum atomic E-state index is 12.6. The van der Waals surface area contributed by atoms with Crippen molar-refractivity contribution in [2.75, 3.05) is 72.7 Å². The molecular formula is C50H58O12. The van der Waals surface area contributed by atoms with Crippen LogP contribution < -0.4 is 14.2 Å². The first-order valence-corrected chi connectivity index (χ1v) is 21.1. The molecule has 2 unspecified atom stereocenters. The minimum Gasteiger partial charge on any atom is -0.491 e. The molecule has 330 valence electrons. The van der Waals surface area contributed by atoms with Crippen LogP contribution in [0.5, 0.6) is 17.2 Å². The van der Waals surface area contributed by atoms with Crippen LogP contribution in [0.25, 0.3) is 0 Å². The van der Waals surface area contributed by atoms with Crippen LogP contribution in [0.4, 0.5) is 0 Å². The van der Waals surface area contributed by atoms with Crippen molar-refractivity contribution in [2.24, 2.45) is 0 Å². The van der Waals surface area contributed by atoms with Crippen LogP contribution >= 0.6 is 0 Å². The van der Waals surface area contributed by atoms with Crippen LogP contribution in [-0.2, 0) is 39.8 Å². The van der Waals surface area contributed by atoms with Gasteiger partial charge >= 0.3 is 11.9 Å². The monoisotopic (exact) mass is 850 g/mol. The second-order valence-corrected chi connectivity index (χ2v) is 14.0. The lowest BCUT2D eigenvalue weighted by Crippen LogP contribution is -2.30. The highest BCUT2D eigenvalue weighted by Gasteiger charge is 2.19. The Kier molecular flexibility index (Phi) is 22.5. The van der Waals surface area contributed by atoms with Crippen LogP contribution in [0.2, 0.25) is 0 Å². The normalized spacial score (nSPS) is 11.9. The summed E-state index contributed by atoms with van der Waals surface area (Å²) in [6.45, 7) is 4.65. The van der Waals surface area contributed by atoms with Crippen LogP contribution in [0.1, 0.15) is 52.0 Å². The summed E-state index contributed by atoms with van der Waals surface area (Å²) in [5, 5.41) is 0. The van der Waals surface area contributed by atoms with Gasteiger partial charge in [0.15, 0.2) is 6.10 Å². The highest BCUT2D eigenvalue weighted by molar-refractivity contribution is 5.89. The summed E-state index contributed by atoms with van der Waals surface area (Å²) in [4.78, 5) is 25.3. The summed E-state index contributed by atoms with van der Waals surface area (Å²) in [5.41, 5.74) is 1.91. The molecule has 0 amide bonds. The van der Waals surface area contributed by atoms with Gasteiger partial charge in [-0.25, -0.2) is 9.59 Å². The Morgan fingerprint density at radius 1 is 0.403 bits per heavy atom. The number of ether oxygens (including phenoxy) is 10. The molecule has 0 aliphatic carbocycles. The van der Waals surface area contributed by atoms with Gasteiger partial charge < -0.3 is 47.4 Å². The first-order chi connectivity index (χ1) is 30.6. The molecule has 0 fully saturated rings. The Labute approximate surface area is 364 Å². The second-order valence-electron chi connectivity index (χ2n) is 14.0. The third-order valence-electron chi connectivity index (χ3n) is 9.00. The van der Waals surface area contributed by atoms with E-state index < -0.39 is 24.3 Å². The van der Waals surface area contributed by atoms with Gasteiger partial charge in [-0.15, -0.1) is 0 Å². The van der Waals surface area contributed by atoms with Crippen LogP contribution in [0.15, 0.2) is 146 Å². The average molecular weight is 851 g/mol. The number of esters is 2. The molecule has 0 aliphatic heterocycles. The van der Waals surface area contributed by atoms with E-state index in [0.717, 1.165) is 31.2 Å². The van der Waals surface area contributed by atoms with E-state index in [0.29, 0.717) is 87.8 Å². The number of hydrogen-bond acceptors (Lipinski definition) is 12. The molecule has 5 rings (SSSR count). The molecule has 12 nitrogen and oxygen atoms in total. The number of hydrogen-bond donors (Lipinski definition) is 0. The SMILES string of the molecule is O=C(OC(COCCCCOCCOc1cccc(OCCOCCCCOCC(OCc2ccccc2)OC(=O)c2ccccc2)c1)COc1ccccc1)c1ccccc1. The Bertz CT molecular complexity index is 1780. The summed E-state index contributed by atoms with van der Waals surface area (Å²) < 4.78 is 57.9. The zero-order valence-corrected chi connectivity index (χ0v) is 35.2. The van der Waals surface area contributed by atoms with Crippen molar-refractivity contribution < 1.29 is 57.0 Å². The van der Waals surface area contributed by atoms with Crippen LogP contribution in [-0.4, -0.2) is 97.0 Å². The maximum Gasteiger partial charge on any atom is 0.340 e. The maximum absolute atomic E-state index is 12.6. The van der Waals surface area contributed by atoms with E-state index >= 15 is 0 Å². The van der Waals surface area contributed by atoms with Crippen molar-refractivity contribution >= 4 is 11.9 Å². The smallest absolute Gasteiger partial charge is 0.340 e. The van der Waals surface area contributed by atoms with Crippen molar-refractivity contribution in [2.45, 2.75) is 44.7 Å². The van der Waals surface area contributed by atoms with Gasteiger partial charge in [0.05, 0.1) is 37.6 Å². The number of carbonyl (C=O) groups is 2. The van der Waals surface area contributed by atoms with E-state index in [2.05, 4.69) is 0 Å². The zero-order valence-electron chi connectivity index (χ0n) is 35.2. The van der Waals surface area contributed by atoms with Gasteiger partial charge in [-0.3, -0.25) is 0 Å². The second kappa shape index (κ2) is 29.5. The minimum absolute atomic E-state index is 0.124. The molecule has 0 aromatic heterocycles. The van der Waals surface area contributed by atoms with Gasteiger partial charge in [-0.05, 0) is 79.8 Å². The molecule has 2 atom stereocenters. The first-order valence-electron chi connectivity index (χ1n) is 21.1. The third kappa shape index (κ3) is 19.7. The molecule has 12 heteroatoms. The molecule has 62 heavy (non-hydrogen) atoms. The van der Waals surface area contributed by atoms with Gasteiger partial charge in [0.2, 0.25) is 6.29 Å². The Morgan fingerprint density at radius 3 is 1.44 bits per heavy atom. The standard InChI is InChI=1S/C50H58O12/c51-49(42-20-7-2-8-21-42)61-47(39-59-44-24-11-4-12-25-44)38-55-30-15-13-28-53-32-34-57-45-26-17-27-46(36-45)58-35-33-54-29-14-16-31-56-40-48(60-37-41-18-5-1-6-19-41)62-50(52)43-22-9-3-10-23-43/h1-12,17-27,36,47-48H,13-16,28-35,37-40H2. The summed E-state index contributed by atoms with van der Waals surface area (Å²) in [7, 11) is 0. The Morgan fingerprint density at radius 2 is 0.871 bits per heavy atom. The van der Waals surface area contributed by atoms with Gasteiger partial charge in [-0.2, -0.15) is 0 Å². The fraction of sp³-hybridized carbons (Fsp3) is 0.360. The molecule has 0 saturated carbocycles. The molecule has 0 heterocycles. The molecule has 0 bridgehead atoms. The molecule has 5 aromatic rings. The lowest BCUT2D eigenvalue weighted by molar-refractivity contribution is -0.150. The number of rotatable bonds is 32. The summed E-state index contributed by atoms with van der Waals surface area (Å²) in [6.07, 6.45) is 1.79. The predicted octanol–water partition coefficient (Wildman–Crippen LogP) is 8.78. The zero-order chi connectivity index (χ0) is 43.1. The third-order valence-corrected chi connectivity index (χ3v) is 9.00. The number of carbonyl (C=O) groups excluding carboxylic acids is 2. The summed E-state index contributed by atoms with van der Waals surface area (Å²) >= 11 is 0. The van der Waals surface area contributed by atoms with Gasteiger partial charge in [0.1, 0.15) is 43.7 Å². The van der Waals surface area contributed by atoms with Crippen molar-refractivity contribution in [1.82, 2.24) is 0 Å².